The van der Waals surface area contributed by atoms with Crippen molar-refractivity contribution >= 4 is 52.6 Å². The molecule has 0 aliphatic carbocycles. The number of nitrogens with zero attached hydrogens (tertiary/aromatic N) is 1. The SMILES string of the molecule is O=C(COC(=O)CN1C(=O)c2ccccc2C1=O)Nc1ccc(Cl)cc1Cl. The fraction of sp³-hybridized carbons (Fsp3) is 0.111. The minimum absolute atomic E-state index is 0.227. The molecule has 1 N–H and O–H groups in total. The summed E-state index contributed by atoms with van der Waals surface area (Å²) in [6.45, 7) is -1.18. The number of anilines is 1. The van der Waals surface area contributed by atoms with Gasteiger partial charge in [0.1, 0.15) is 6.54 Å². The highest BCUT2D eigenvalue weighted by molar-refractivity contribution is 6.36. The highest BCUT2D eigenvalue weighted by atomic mass is 35.5. The lowest BCUT2D eigenvalue weighted by Gasteiger charge is -2.13. The number of carbonyl (C=O) groups is 4. The van der Waals surface area contributed by atoms with E-state index in [-0.39, 0.29) is 16.1 Å². The molecule has 0 spiro atoms. The van der Waals surface area contributed by atoms with Gasteiger partial charge in [0, 0.05) is 5.02 Å². The van der Waals surface area contributed by atoms with E-state index >= 15 is 0 Å². The largest absolute Gasteiger partial charge is 0.454 e. The summed E-state index contributed by atoms with van der Waals surface area (Å²) < 4.78 is 4.83. The highest BCUT2D eigenvalue weighted by Crippen LogP contribution is 2.25. The Labute approximate surface area is 163 Å². The second-order valence-electron chi connectivity index (χ2n) is 5.58. The summed E-state index contributed by atoms with van der Waals surface area (Å²) in [4.78, 5) is 48.9. The molecule has 1 aliphatic rings. The first kappa shape index (κ1) is 18.9. The molecule has 0 radical (unpaired) electrons. The van der Waals surface area contributed by atoms with Crippen LogP contribution in [0.25, 0.3) is 0 Å². The molecule has 2 aromatic rings. The number of carbonyl (C=O) groups excluding carboxylic acids is 4. The molecule has 0 aromatic heterocycles. The predicted octanol–water partition coefficient (Wildman–Crippen LogP) is 2.77. The summed E-state index contributed by atoms with van der Waals surface area (Å²) in [5.74, 6) is -2.67. The van der Waals surface area contributed by atoms with Crippen LogP contribution < -0.4 is 5.32 Å². The van der Waals surface area contributed by atoms with Gasteiger partial charge in [0.15, 0.2) is 6.61 Å². The van der Waals surface area contributed by atoms with E-state index in [1.807, 2.05) is 0 Å². The van der Waals surface area contributed by atoms with Crippen LogP contribution in [0.15, 0.2) is 42.5 Å². The number of amides is 3. The van der Waals surface area contributed by atoms with Crippen molar-refractivity contribution in [1.82, 2.24) is 4.90 Å². The molecule has 0 unspecified atom stereocenters. The smallest absolute Gasteiger partial charge is 0.326 e. The number of hydrogen-bond donors (Lipinski definition) is 1. The summed E-state index contributed by atoms with van der Waals surface area (Å²) in [6.07, 6.45) is 0. The molecule has 3 rings (SSSR count). The molecule has 0 atom stereocenters. The van der Waals surface area contributed by atoms with Gasteiger partial charge in [-0.05, 0) is 30.3 Å². The average Bonchev–Trinajstić information content (AvgIpc) is 2.88. The van der Waals surface area contributed by atoms with Crippen LogP contribution in [-0.4, -0.2) is 41.7 Å². The predicted molar refractivity (Wildman–Crippen MR) is 97.9 cm³/mol. The number of benzene rings is 2. The number of esters is 1. The van der Waals surface area contributed by atoms with Gasteiger partial charge in [0.05, 0.1) is 21.8 Å². The van der Waals surface area contributed by atoms with E-state index in [0.29, 0.717) is 10.7 Å². The molecule has 1 aliphatic heterocycles. The third-order valence-electron chi connectivity index (χ3n) is 3.73. The number of imide groups is 1. The third-order valence-corrected chi connectivity index (χ3v) is 4.28. The quantitative estimate of drug-likeness (QED) is 0.608. The Morgan fingerprint density at radius 3 is 2.22 bits per heavy atom. The van der Waals surface area contributed by atoms with Crippen molar-refractivity contribution in [2.75, 3.05) is 18.5 Å². The lowest BCUT2D eigenvalue weighted by Crippen LogP contribution is -2.36. The van der Waals surface area contributed by atoms with Crippen LogP contribution >= 0.6 is 23.2 Å². The van der Waals surface area contributed by atoms with Gasteiger partial charge >= 0.3 is 5.97 Å². The first-order valence-electron chi connectivity index (χ1n) is 7.72. The number of halogens is 2. The summed E-state index contributed by atoms with van der Waals surface area (Å²) >= 11 is 11.7. The summed E-state index contributed by atoms with van der Waals surface area (Å²) in [7, 11) is 0. The van der Waals surface area contributed by atoms with Crippen molar-refractivity contribution in [3.63, 3.8) is 0 Å². The normalized spacial score (nSPS) is 12.7. The lowest BCUT2D eigenvalue weighted by molar-refractivity contribution is -0.147. The van der Waals surface area contributed by atoms with Crippen LogP contribution in [0.5, 0.6) is 0 Å². The Balaban J connectivity index is 1.54. The highest BCUT2D eigenvalue weighted by Gasteiger charge is 2.36. The fourth-order valence-electron chi connectivity index (χ4n) is 2.48. The van der Waals surface area contributed by atoms with Crippen LogP contribution in [0, 0.1) is 0 Å². The van der Waals surface area contributed by atoms with Crippen molar-refractivity contribution in [1.29, 1.82) is 0 Å². The zero-order valence-electron chi connectivity index (χ0n) is 13.7. The number of hydrogen-bond acceptors (Lipinski definition) is 5. The van der Waals surface area contributed by atoms with Crippen LogP contribution in [0.4, 0.5) is 5.69 Å². The fourth-order valence-corrected chi connectivity index (χ4v) is 2.94. The zero-order valence-corrected chi connectivity index (χ0v) is 15.2. The van der Waals surface area contributed by atoms with Gasteiger partial charge in [0.25, 0.3) is 17.7 Å². The zero-order chi connectivity index (χ0) is 19.6. The first-order chi connectivity index (χ1) is 12.9. The molecule has 3 amide bonds. The molecule has 138 valence electrons. The minimum atomic E-state index is -0.887. The molecule has 7 nitrogen and oxygen atoms in total. The van der Waals surface area contributed by atoms with Crippen molar-refractivity contribution < 1.29 is 23.9 Å². The number of rotatable bonds is 5. The maximum absolute atomic E-state index is 12.2. The monoisotopic (exact) mass is 406 g/mol. The lowest BCUT2D eigenvalue weighted by atomic mass is 10.1. The van der Waals surface area contributed by atoms with Crippen LogP contribution in [0.3, 0.4) is 0 Å². The van der Waals surface area contributed by atoms with Crippen molar-refractivity contribution in [3.8, 4) is 0 Å². The molecule has 2 aromatic carbocycles. The molecular weight excluding hydrogens is 395 g/mol. The summed E-state index contributed by atoms with van der Waals surface area (Å²) in [5.41, 5.74) is 0.762. The van der Waals surface area contributed by atoms with Gasteiger partial charge in [0.2, 0.25) is 0 Å². The van der Waals surface area contributed by atoms with Crippen molar-refractivity contribution in [2.24, 2.45) is 0 Å². The van der Waals surface area contributed by atoms with E-state index in [0.717, 1.165) is 4.90 Å². The van der Waals surface area contributed by atoms with Gasteiger partial charge in [-0.15, -0.1) is 0 Å². The second kappa shape index (κ2) is 7.77. The Hall–Kier alpha value is -2.90. The maximum Gasteiger partial charge on any atom is 0.326 e. The van der Waals surface area contributed by atoms with Crippen molar-refractivity contribution in [2.45, 2.75) is 0 Å². The Bertz CT molecular complexity index is 926. The number of nitrogens with one attached hydrogen (secondary N) is 1. The Morgan fingerprint density at radius 1 is 1.00 bits per heavy atom. The van der Waals surface area contributed by atoms with Crippen LogP contribution in [-0.2, 0) is 14.3 Å². The standard InChI is InChI=1S/C18H12Cl2N2O5/c19-10-5-6-14(13(20)7-10)21-15(23)9-27-16(24)8-22-17(25)11-3-1-2-4-12(11)18(22)26/h1-7H,8-9H2,(H,21,23). The Kier molecular flexibility index (Phi) is 5.43. The van der Waals surface area contributed by atoms with E-state index in [9.17, 15) is 19.2 Å². The molecular formula is C18H12Cl2N2O5. The van der Waals surface area contributed by atoms with E-state index in [2.05, 4.69) is 5.32 Å². The van der Waals surface area contributed by atoms with Crippen LogP contribution in [0.1, 0.15) is 20.7 Å². The van der Waals surface area contributed by atoms with E-state index in [4.69, 9.17) is 27.9 Å². The molecule has 0 fully saturated rings. The Morgan fingerprint density at radius 2 is 1.63 bits per heavy atom. The summed E-state index contributed by atoms with van der Waals surface area (Å²) in [5, 5.41) is 3.10. The van der Waals surface area contributed by atoms with Crippen molar-refractivity contribution in [3.05, 3.63) is 63.6 Å². The number of fused-ring (bicyclic) bond motifs is 1. The maximum atomic E-state index is 12.2. The number of ether oxygens (including phenoxy) is 1. The summed E-state index contributed by atoms with van der Waals surface area (Å²) in [6, 6.07) is 10.7. The minimum Gasteiger partial charge on any atom is -0.454 e. The van der Waals surface area contributed by atoms with Gasteiger partial charge in [-0.2, -0.15) is 0 Å². The molecule has 0 saturated heterocycles. The van der Waals surface area contributed by atoms with E-state index < -0.39 is 36.8 Å². The molecule has 9 heteroatoms. The topological polar surface area (TPSA) is 92.8 Å². The van der Waals surface area contributed by atoms with E-state index in [1.54, 1.807) is 12.1 Å². The van der Waals surface area contributed by atoms with E-state index in [1.165, 1.54) is 30.3 Å². The van der Waals surface area contributed by atoms with Gasteiger partial charge in [-0.25, -0.2) is 0 Å². The average molecular weight is 407 g/mol. The molecule has 0 bridgehead atoms. The van der Waals surface area contributed by atoms with Gasteiger partial charge in [-0.1, -0.05) is 35.3 Å². The van der Waals surface area contributed by atoms with Crippen LogP contribution in [0.2, 0.25) is 10.0 Å². The third kappa shape index (κ3) is 4.10. The second-order valence-corrected chi connectivity index (χ2v) is 6.42. The molecule has 27 heavy (non-hydrogen) atoms. The first-order valence-corrected chi connectivity index (χ1v) is 8.48. The molecule has 1 heterocycles. The van der Waals surface area contributed by atoms with Gasteiger partial charge < -0.3 is 10.1 Å². The molecule has 0 saturated carbocycles. The van der Waals surface area contributed by atoms with Gasteiger partial charge in [-0.3, -0.25) is 24.1 Å².